The van der Waals surface area contributed by atoms with Crippen molar-refractivity contribution >= 4 is 50.8 Å². The van der Waals surface area contributed by atoms with E-state index in [-0.39, 0.29) is 38.9 Å². The molecular weight excluding hydrogens is 472 g/mol. The monoisotopic (exact) mass is 490 g/mol. The van der Waals surface area contributed by atoms with Gasteiger partial charge in [0.1, 0.15) is 0 Å². The van der Waals surface area contributed by atoms with Crippen LogP contribution in [0.4, 0.5) is 5.69 Å². The van der Waals surface area contributed by atoms with Gasteiger partial charge in [0.25, 0.3) is 17.7 Å². The lowest BCUT2D eigenvalue weighted by Crippen LogP contribution is -2.40. The van der Waals surface area contributed by atoms with Gasteiger partial charge in [0, 0.05) is 13.1 Å². The number of anilines is 1. The average Bonchev–Trinajstić information content (AvgIpc) is 3.27. The zero-order valence-electron chi connectivity index (χ0n) is 17.5. The Labute approximate surface area is 194 Å². The second-order valence-electron chi connectivity index (χ2n) is 7.80. The van der Waals surface area contributed by atoms with Crippen molar-refractivity contribution in [3.8, 4) is 0 Å². The molecule has 9 nitrogen and oxygen atoms in total. The first kappa shape index (κ1) is 22.9. The molecule has 0 aromatic heterocycles. The zero-order chi connectivity index (χ0) is 23.9. The summed E-state index contributed by atoms with van der Waals surface area (Å²) in [5.74, 6) is -2.69. The van der Waals surface area contributed by atoms with Gasteiger partial charge in [0.15, 0.2) is 16.4 Å². The molecule has 4 rings (SSSR count). The van der Waals surface area contributed by atoms with Crippen LogP contribution in [0.5, 0.6) is 0 Å². The van der Waals surface area contributed by atoms with E-state index in [1.807, 2.05) is 0 Å². The Morgan fingerprint density at radius 1 is 1.12 bits per heavy atom. The van der Waals surface area contributed by atoms with E-state index >= 15 is 0 Å². The normalized spacial score (nSPS) is 18.8. The number of hydrogen-bond acceptors (Lipinski definition) is 7. The van der Waals surface area contributed by atoms with E-state index in [4.69, 9.17) is 16.3 Å². The molecule has 2 aliphatic rings. The number of halogens is 1. The van der Waals surface area contributed by atoms with Gasteiger partial charge < -0.3 is 9.64 Å². The van der Waals surface area contributed by atoms with Crippen LogP contribution >= 0.6 is 11.6 Å². The Balaban J connectivity index is 1.45. The molecule has 1 fully saturated rings. The quantitative estimate of drug-likeness (QED) is 0.464. The molecule has 1 atom stereocenters. The summed E-state index contributed by atoms with van der Waals surface area (Å²) < 4.78 is 28.3. The van der Waals surface area contributed by atoms with Crippen LogP contribution in [0.3, 0.4) is 0 Å². The molecule has 0 saturated carbocycles. The van der Waals surface area contributed by atoms with Gasteiger partial charge >= 0.3 is 5.97 Å². The molecule has 0 unspecified atom stereocenters. The van der Waals surface area contributed by atoms with Gasteiger partial charge in [-0.3, -0.25) is 14.4 Å². The van der Waals surface area contributed by atoms with Crippen molar-refractivity contribution in [2.45, 2.75) is 12.5 Å². The first-order chi connectivity index (χ1) is 15.6. The lowest BCUT2D eigenvalue weighted by Gasteiger charge is -2.23. The van der Waals surface area contributed by atoms with E-state index in [0.29, 0.717) is 6.42 Å². The Bertz CT molecular complexity index is 1290. The van der Waals surface area contributed by atoms with Crippen molar-refractivity contribution < 1.29 is 32.3 Å². The van der Waals surface area contributed by atoms with Crippen molar-refractivity contribution in [3.05, 3.63) is 64.2 Å². The summed E-state index contributed by atoms with van der Waals surface area (Å²) in [5, 5.41) is 0.226. The maximum absolute atomic E-state index is 12.9. The number of amides is 3. The summed E-state index contributed by atoms with van der Waals surface area (Å²) in [6.45, 7) is -0.582. The summed E-state index contributed by atoms with van der Waals surface area (Å²) in [6, 6.07) is 9.87. The number of likely N-dealkylation sites (N-methyl/N-ethyl adjacent to an activating group) is 1. The number of benzene rings is 2. The number of fused-ring (bicyclic) bond motifs is 1. The van der Waals surface area contributed by atoms with Crippen LogP contribution < -0.4 is 4.90 Å². The van der Waals surface area contributed by atoms with Crippen LogP contribution in [0, 0.1) is 0 Å². The molecule has 2 aliphatic heterocycles. The molecule has 2 aromatic rings. The number of sulfone groups is 1. The third-order valence-corrected chi connectivity index (χ3v) is 7.76. The highest BCUT2D eigenvalue weighted by molar-refractivity contribution is 7.91. The third-order valence-electron chi connectivity index (χ3n) is 5.69. The summed E-state index contributed by atoms with van der Waals surface area (Å²) in [4.78, 5) is 52.6. The summed E-state index contributed by atoms with van der Waals surface area (Å²) >= 11 is 6.13. The maximum atomic E-state index is 12.9. The Morgan fingerprint density at radius 3 is 2.48 bits per heavy atom. The molecule has 0 N–H and O–H groups in total. The topological polar surface area (TPSA) is 118 Å². The predicted octanol–water partition coefficient (Wildman–Crippen LogP) is 1.94. The van der Waals surface area contributed by atoms with Gasteiger partial charge in [-0.15, -0.1) is 0 Å². The van der Waals surface area contributed by atoms with Crippen LogP contribution in [-0.2, 0) is 19.4 Å². The molecular formula is C22H19ClN2O7S. The van der Waals surface area contributed by atoms with Crippen LogP contribution in [0.25, 0.3) is 0 Å². The molecule has 2 aromatic carbocycles. The van der Waals surface area contributed by atoms with Crippen molar-refractivity contribution in [1.29, 1.82) is 0 Å². The number of carbonyl (C=O) groups is 4. The highest BCUT2D eigenvalue weighted by Gasteiger charge is 2.38. The number of para-hydroxylation sites is 1. The highest BCUT2D eigenvalue weighted by Crippen LogP contribution is 2.33. The minimum Gasteiger partial charge on any atom is -0.452 e. The number of carbonyl (C=O) groups excluding carboxylic acids is 4. The third kappa shape index (κ3) is 4.36. The van der Waals surface area contributed by atoms with Crippen LogP contribution in [-0.4, -0.2) is 68.2 Å². The number of nitrogens with zero attached hydrogens (tertiary/aromatic N) is 2. The second kappa shape index (κ2) is 8.60. The lowest BCUT2D eigenvalue weighted by atomic mass is 10.1. The van der Waals surface area contributed by atoms with Crippen molar-refractivity contribution in [1.82, 2.24) is 4.90 Å². The molecule has 2 heterocycles. The van der Waals surface area contributed by atoms with E-state index in [2.05, 4.69) is 0 Å². The van der Waals surface area contributed by atoms with E-state index in [1.54, 1.807) is 18.2 Å². The second-order valence-corrected chi connectivity index (χ2v) is 10.4. The first-order valence-electron chi connectivity index (χ1n) is 9.99. The van der Waals surface area contributed by atoms with Crippen LogP contribution in [0.2, 0.25) is 5.02 Å². The van der Waals surface area contributed by atoms with Crippen molar-refractivity contribution in [3.63, 3.8) is 0 Å². The number of rotatable bonds is 5. The van der Waals surface area contributed by atoms with Crippen LogP contribution in [0.15, 0.2) is 42.5 Å². The van der Waals surface area contributed by atoms with Gasteiger partial charge in [0.05, 0.1) is 38.9 Å². The van der Waals surface area contributed by atoms with Crippen molar-refractivity contribution in [2.24, 2.45) is 0 Å². The molecule has 172 valence electrons. The number of ether oxygens (including phenoxy) is 1. The van der Waals surface area contributed by atoms with Gasteiger partial charge in [-0.05, 0) is 36.8 Å². The predicted molar refractivity (Wildman–Crippen MR) is 119 cm³/mol. The van der Waals surface area contributed by atoms with E-state index in [0.717, 1.165) is 4.90 Å². The molecule has 3 amide bonds. The molecule has 0 bridgehead atoms. The van der Waals surface area contributed by atoms with Crippen molar-refractivity contribution in [2.75, 3.05) is 30.1 Å². The Kier molecular flexibility index (Phi) is 5.98. The summed E-state index contributed by atoms with van der Waals surface area (Å²) in [6.07, 6.45) is 0.335. The maximum Gasteiger partial charge on any atom is 0.338 e. The molecule has 33 heavy (non-hydrogen) atoms. The number of esters is 1. The molecule has 1 saturated heterocycles. The van der Waals surface area contributed by atoms with Gasteiger partial charge in [-0.1, -0.05) is 23.7 Å². The van der Waals surface area contributed by atoms with E-state index in [9.17, 15) is 27.6 Å². The van der Waals surface area contributed by atoms with Gasteiger partial charge in [-0.25, -0.2) is 18.1 Å². The van der Waals surface area contributed by atoms with E-state index in [1.165, 1.54) is 36.2 Å². The van der Waals surface area contributed by atoms with Gasteiger partial charge in [-0.2, -0.15) is 0 Å². The number of imide groups is 1. The van der Waals surface area contributed by atoms with Crippen LogP contribution in [0.1, 0.15) is 37.5 Å². The first-order valence-corrected chi connectivity index (χ1v) is 12.2. The fourth-order valence-corrected chi connectivity index (χ4v) is 5.81. The van der Waals surface area contributed by atoms with E-state index < -0.39 is 46.2 Å². The average molecular weight is 491 g/mol. The molecule has 0 aliphatic carbocycles. The summed E-state index contributed by atoms with van der Waals surface area (Å²) in [5.41, 5.74) is 0.371. The van der Waals surface area contributed by atoms with Gasteiger partial charge in [0.2, 0.25) is 0 Å². The molecule has 0 radical (unpaired) electrons. The minimum absolute atomic E-state index is 0.00481. The largest absolute Gasteiger partial charge is 0.452 e. The smallest absolute Gasteiger partial charge is 0.338 e. The fourth-order valence-electron chi connectivity index (χ4n) is 3.82. The Morgan fingerprint density at radius 2 is 1.82 bits per heavy atom. The molecule has 0 spiro atoms. The minimum atomic E-state index is -3.16. The zero-order valence-corrected chi connectivity index (χ0v) is 19.1. The summed E-state index contributed by atoms with van der Waals surface area (Å²) in [7, 11) is -1.70. The Hall–Kier alpha value is -3.24. The lowest BCUT2D eigenvalue weighted by molar-refractivity contribution is -0.134. The highest BCUT2D eigenvalue weighted by atomic mass is 35.5. The number of hydrogen-bond donors (Lipinski definition) is 0. The standard InChI is InChI=1S/C22H19ClN2O7S/c1-24(14-8-9-33(30,31)12-14)19(26)11-32-22(29)13-6-7-15-16(10-13)21(28)25(20(15)27)18-5-3-2-4-17(18)23/h2-7,10,14H,8-9,11-12H2,1H3/t14-/m0/s1. The SMILES string of the molecule is CN(C(=O)COC(=O)c1ccc2c(c1)C(=O)N(c1ccccc1Cl)C2=O)[C@H]1CCS(=O)(=O)C1. The fraction of sp³-hybridized carbons (Fsp3) is 0.273. The molecule has 11 heteroatoms.